The first-order chi connectivity index (χ1) is 12.3. The van der Waals surface area contributed by atoms with Crippen molar-refractivity contribution < 1.29 is 4.79 Å². The summed E-state index contributed by atoms with van der Waals surface area (Å²) in [6, 6.07) is 17.4. The van der Waals surface area contributed by atoms with E-state index >= 15 is 0 Å². The highest BCUT2D eigenvalue weighted by Gasteiger charge is 2.08. The zero-order valence-electron chi connectivity index (χ0n) is 13.7. The SMILES string of the molecule is O=C(NCc1cccnc1)c1ccc(NCCc2ccccc2)nn1. The van der Waals surface area contributed by atoms with Crippen molar-refractivity contribution in [3.8, 4) is 0 Å². The van der Waals surface area contributed by atoms with Gasteiger partial charge in [0.1, 0.15) is 5.82 Å². The minimum Gasteiger partial charge on any atom is -0.368 e. The number of hydrogen-bond acceptors (Lipinski definition) is 5. The average molecular weight is 333 g/mol. The minimum atomic E-state index is -0.257. The number of aromatic nitrogens is 3. The van der Waals surface area contributed by atoms with Crippen molar-refractivity contribution in [2.24, 2.45) is 0 Å². The third-order valence-electron chi connectivity index (χ3n) is 3.64. The Morgan fingerprint density at radius 2 is 1.76 bits per heavy atom. The molecule has 1 aromatic carbocycles. The number of anilines is 1. The van der Waals surface area contributed by atoms with Crippen molar-refractivity contribution in [2.45, 2.75) is 13.0 Å². The highest BCUT2D eigenvalue weighted by molar-refractivity contribution is 5.92. The number of benzene rings is 1. The number of nitrogens with zero attached hydrogens (tertiary/aromatic N) is 3. The van der Waals surface area contributed by atoms with Gasteiger partial charge in [0.25, 0.3) is 5.91 Å². The van der Waals surface area contributed by atoms with Crippen molar-refractivity contribution >= 4 is 11.7 Å². The lowest BCUT2D eigenvalue weighted by Crippen LogP contribution is -2.24. The highest BCUT2D eigenvalue weighted by atomic mass is 16.1. The molecule has 0 radical (unpaired) electrons. The van der Waals surface area contributed by atoms with E-state index in [0.29, 0.717) is 12.4 Å². The molecule has 0 saturated carbocycles. The van der Waals surface area contributed by atoms with Crippen LogP contribution in [0, 0.1) is 0 Å². The van der Waals surface area contributed by atoms with Gasteiger partial charge in [-0.05, 0) is 35.7 Å². The van der Waals surface area contributed by atoms with E-state index in [1.54, 1.807) is 24.5 Å². The Kier molecular flexibility index (Phi) is 5.66. The van der Waals surface area contributed by atoms with Crippen molar-refractivity contribution in [2.75, 3.05) is 11.9 Å². The van der Waals surface area contributed by atoms with Crippen molar-refractivity contribution in [3.63, 3.8) is 0 Å². The summed E-state index contributed by atoms with van der Waals surface area (Å²) in [6.07, 6.45) is 4.31. The molecule has 0 aliphatic heterocycles. The maximum Gasteiger partial charge on any atom is 0.272 e. The third kappa shape index (κ3) is 5.10. The van der Waals surface area contributed by atoms with Gasteiger partial charge in [0, 0.05) is 25.5 Å². The predicted molar refractivity (Wildman–Crippen MR) is 96.1 cm³/mol. The standard InChI is InChI=1S/C19H19N5O/c25-19(22-14-16-7-4-11-20-13-16)17-8-9-18(24-23-17)21-12-10-15-5-2-1-3-6-15/h1-9,11,13H,10,12,14H2,(H,21,24)(H,22,25). The van der Waals surface area contributed by atoms with E-state index in [2.05, 4.69) is 37.9 Å². The largest absolute Gasteiger partial charge is 0.368 e. The second-order valence-corrected chi connectivity index (χ2v) is 5.51. The first-order valence-corrected chi connectivity index (χ1v) is 8.10. The van der Waals surface area contributed by atoms with E-state index < -0.39 is 0 Å². The average Bonchev–Trinajstić information content (AvgIpc) is 2.68. The fourth-order valence-electron chi connectivity index (χ4n) is 2.30. The molecule has 0 aliphatic rings. The molecule has 2 aromatic heterocycles. The number of rotatable bonds is 7. The van der Waals surface area contributed by atoms with E-state index in [-0.39, 0.29) is 11.6 Å². The van der Waals surface area contributed by atoms with Gasteiger partial charge in [-0.1, -0.05) is 36.4 Å². The topological polar surface area (TPSA) is 79.8 Å². The van der Waals surface area contributed by atoms with Crippen LogP contribution >= 0.6 is 0 Å². The molecule has 0 spiro atoms. The molecule has 0 atom stereocenters. The molecule has 0 fully saturated rings. The molecule has 0 aliphatic carbocycles. The molecule has 3 rings (SSSR count). The predicted octanol–water partition coefficient (Wildman–Crippen LogP) is 2.46. The molecular weight excluding hydrogens is 314 g/mol. The summed E-state index contributed by atoms with van der Waals surface area (Å²) in [7, 11) is 0. The maximum absolute atomic E-state index is 12.1. The molecular formula is C19H19N5O. The molecule has 2 N–H and O–H groups in total. The monoisotopic (exact) mass is 333 g/mol. The van der Waals surface area contributed by atoms with Crippen LogP contribution in [-0.4, -0.2) is 27.6 Å². The first kappa shape index (κ1) is 16.6. The molecule has 6 heteroatoms. The van der Waals surface area contributed by atoms with Crippen LogP contribution in [0.5, 0.6) is 0 Å². The normalized spacial score (nSPS) is 10.2. The van der Waals surface area contributed by atoms with E-state index in [1.165, 1.54) is 5.56 Å². The van der Waals surface area contributed by atoms with Crippen LogP contribution in [0.3, 0.4) is 0 Å². The molecule has 0 bridgehead atoms. The lowest BCUT2D eigenvalue weighted by molar-refractivity contribution is 0.0945. The van der Waals surface area contributed by atoms with Crippen LogP contribution in [0.15, 0.2) is 67.0 Å². The van der Waals surface area contributed by atoms with E-state index in [0.717, 1.165) is 18.5 Å². The molecule has 2 heterocycles. The van der Waals surface area contributed by atoms with Gasteiger partial charge in [-0.15, -0.1) is 10.2 Å². The smallest absolute Gasteiger partial charge is 0.272 e. The summed E-state index contributed by atoms with van der Waals surface area (Å²) in [6.45, 7) is 1.16. The number of hydrogen-bond donors (Lipinski definition) is 2. The highest BCUT2D eigenvalue weighted by Crippen LogP contribution is 2.04. The minimum absolute atomic E-state index is 0.257. The Bertz CT molecular complexity index is 791. The van der Waals surface area contributed by atoms with Crippen LogP contribution < -0.4 is 10.6 Å². The van der Waals surface area contributed by atoms with Crippen molar-refractivity contribution in [3.05, 3.63) is 83.8 Å². The van der Waals surface area contributed by atoms with E-state index in [4.69, 9.17) is 0 Å². The fourth-order valence-corrected chi connectivity index (χ4v) is 2.30. The van der Waals surface area contributed by atoms with Gasteiger partial charge >= 0.3 is 0 Å². The van der Waals surface area contributed by atoms with Gasteiger partial charge in [0.15, 0.2) is 5.69 Å². The third-order valence-corrected chi connectivity index (χ3v) is 3.64. The van der Waals surface area contributed by atoms with Crippen LogP contribution in [0.2, 0.25) is 0 Å². The molecule has 25 heavy (non-hydrogen) atoms. The molecule has 0 saturated heterocycles. The van der Waals surface area contributed by atoms with Crippen molar-refractivity contribution in [1.29, 1.82) is 0 Å². The summed E-state index contributed by atoms with van der Waals surface area (Å²) < 4.78 is 0. The lowest BCUT2D eigenvalue weighted by Gasteiger charge is -2.07. The van der Waals surface area contributed by atoms with Gasteiger partial charge in [-0.3, -0.25) is 9.78 Å². The maximum atomic E-state index is 12.1. The second-order valence-electron chi connectivity index (χ2n) is 5.51. The summed E-state index contributed by atoms with van der Waals surface area (Å²) in [5.74, 6) is 0.395. The zero-order chi connectivity index (χ0) is 17.3. The second kappa shape index (κ2) is 8.54. The van der Waals surface area contributed by atoms with Gasteiger partial charge in [-0.2, -0.15) is 0 Å². The number of pyridine rings is 1. The van der Waals surface area contributed by atoms with Gasteiger partial charge in [0.2, 0.25) is 0 Å². The number of carbonyl (C=O) groups excluding carboxylic acids is 1. The zero-order valence-corrected chi connectivity index (χ0v) is 13.7. The Morgan fingerprint density at radius 1 is 0.920 bits per heavy atom. The Balaban J connectivity index is 1.47. The van der Waals surface area contributed by atoms with Crippen LogP contribution in [-0.2, 0) is 13.0 Å². The fraction of sp³-hybridized carbons (Fsp3) is 0.158. The van der Waals surface area contributed by atoms with E-state index in [9.17, 15) is 4.79 Å². The summed E-state index contributed by atoms with van der Waals surface area (Å²) in [5.41, 5.74) is 2.48. The van der Waals surface area contributed by atoms with Gasteiger partial charge in [-0.25, -0.2) is 0 Å². The molecule has 1 amide bonds. The number of nitrogens with one attached hydrogen (secondary N) is 2. The van der Waals surface area contributed by atoms with Crippen LogP contribution in [0.1, 0.15) is 21.6 Å². The Labute approximate surface area is 146 Å². The summed E-state index contributed by atoms with van der Waals surface area (Å²) >= 11 is 0. The van der Waals surface area contributed by atoms with Gasteiger partial charge in [0.05, 0.1) is 0 Å². The van der Waals surface area contributed by atoms with Crippen LogP contribution in [0.25, 0.3) is 0 Å². The van der Waals surface area contributed by atoms with Gasteiger partial charge < -0.3 is 10.6 Å². The molecule has 0 unspecified atom stereocenters. The molecule has 3 aromatic rings. The number of amides is 1. The van der Waals surface area contributed by atoms with Crippen LogP contribution in [0.4, 0.5) is 5.82 Å². The van der Waals surface area contributed by atoms with Crippen molar-refractivity contribution in [1.82, 2.24) is 20.5 Å². The Hall–Kier alpha value is -3.28. The summed E-state index contributed by atoms with van der Waals surface area (Å²) in [5, 5.41) is 14.0. The summed E-state index contributed by atoms with van der Waals surface area (Å²) in [4.78, 5) is 16.1. The lowest BCUT2D eigenvalue weighted by atomic mass is 10.1. The first-order valence-electron chi connectivity index (χ1n) is 8.10. The molecule has 126 valence electrons. The van der Waals surface area contributed by atoms with E-state index in [1.807, 2.05) is 30.3 Å². The quantitative estimate of drug-likeness (QED) is 0.694. The molecule has 6 nitrogen and oxygen atoms in total. The number of carbonyl (C=O) groups is 1. The Morgan fingerprint density at radius 3 is 2.48 bits per heavy atom.